The second-order valence-electron chi connectivity index (χ2n) is 5.43. The van der Waals surface area contributed by atoms with Crippen LogP contribution in [0.3, 0.4) is 0 Å². The Bertz CT molecular complexity index is 652. The monoisotopic (exact) mass is 374 g/mol. The molecule has 0 aromatic heterocycles. The van der Waals surface area contributed by atoms with E-state index in [2.05, 4.69) is 21.2 Å². The van der Waals surface area contributed by atoms with Gasteiger partial charge in [0.05, 0.1) is 4.90 Å². The molecule has 1 fully saturated rings. The molecule has 5 nitrogen and oxygen atoms in total. The number of nitrogens with one attached hydrogen (secondary N) is 1. The van der Waals surface area contributed by atoms with Crippen molar-refractivity contribution in [2.75, 3.05) is 0 Å². The Kier molecular flexibility index (Phi) is 5.06. The number of amides is 1. The summed E-state index contributed by atoms with van der Waals surface area (Å²) < 4.78 is 23.8. The average Bonchev–Trinajstić information content (AvgIpc) is 2.41. The van der Waals surface area contributed by atoms with E-state index in [1.807, 2.05) is 0 Å². The quantitative estimate of drug-likeness (QED) is 0.851. The number of halogens is 1. The molecule has 21 heavy (non-hydrogen) atoms. The number of hydrogen-bond acceptors (Lipinski definition) is 3. The average molecular weight is 375 g/mol. The lowest BCUT2D eigenvalue weighted by molar-refractivity contribution is 0.0927. The Balaban J connectivity index is 2.27. The predicted octanol–water partition coefficient (Wildman–Crippen LogP) is 2.47. The standard InChI is InChI=1S/C14H19BrN2O3S/c1-9-12(15)7-10(8-13(9)21(16,19)20)14(18)17-11-5-3-2-4-6-11/h7-8,11H,2-6H2,1H3,(H,17,18)(H2,16,19,20). The maximum Gasteiger partial charge on any atom is 0.251 e. The van der Waals surface area contributed by atoms with E-state index in [1.54, 1.807) is 13.0 Å². The fraction of sp³-hybridized carbons (Fsp3) is 0.500. The van der Waals surface area contributed by atoms with Crippen LogP contribution in [0.25, 0.3) is 0 Å². The van der Waals surface area contributed by atoms with E-state index in [0.29, 0.717) is 15.6 Å². The first kappa shape index (κ1) is 16.5. The number of carbonyl (C=O) groups is 1. The van der Waals surface area contributed by atoms with Crippen molar-refractivity contribution < 1.29 is 13.2 Å². The van der Waals surface area contributed by atoms with Gasteiger partial charge in [0.15, 0.2) is 0 Å². The molecule has 0 heterocycles. The van der Waals surface area contributed by atoms with Crippen LogP contribution in [-0.2, 0) is 10.0 Å². The van der Waals surface area contributed by atoms with Gasteiger partial charge in [0.25, 0.3) is 5.91 Å². The highest BCUT2D eigenvalue weighted by molar-refractivity contribution is 9.10. The van der Waals surface area contributed by atoms with Crippen LogP contribution >= 0.6 is 15.9 Å². The number of sulfonamides is 1. The third-order valence-electron chi connectivity index (χ3n) is 3.81. The minimum atomic E-state index is -3.86. The molecule has 1 aliphatic rings. The first-order valence-electron chi connectivity index (χ1n) is 6.93. The molecule has 116 valence electrons. The Labute approximate surface area is 133 Å². The lowest BCUT2D eigenvalue weighted by Crippen LogP contribution is -2.36. The van der Waals surface area contributed by atoms with Gasteiger partial charge in [-0.15, -0.1) is 0 Å². The molecule has 0 unspecified atom stereocenters. The first-order valence-corrected chi connectivity index (χ1v) is 9.27. The molecule has 0 bridgehead atoms. The van der Waals surface area contributed by atoms with Crippen molar-refractivity contribution in [3.05, 3.63) is 27.7 Å². The summed E-state index contributed by atoms with van der Waals surface area (Å²) in [5.41, 5.74) is 0.814. The highest BCUT2D eigenvalue weighted by Crippen LogP contribution is 2.25. The van der Waals surface area contributed by atoms with Gasteiger partial charge in [-0.2, -0.15) is 0 Å². The number of carbonyl (C=O) groups excluding carboxylic acids is 1. The molecule has 2 rings (SSSR count). The fourth-order valence-corrected chi connectivity index (χ4v) is 4.02. The van der Waals surface area contributed by atoms with Gasteiger partial charge in [-0.3, -0.25) is 4.79 Å². The van der Waals surface area contributed by atoms with Gasteiger partial charge in [0, 0.05) is 16.1 Å². The molecule has 3 N–H and O–H groups in total. The van der Waals surface area contributed by atoms with Crippen LogP contribution in [0.2, 0.25) is 0 Å². The van der Waals surface area contributed by atoms with Gasteiger partial charge in [-0.25, -0.2) is 13.6 Å². The lowest BCUT2D eigenvalue weighted by Gasteiger charge is -2.23. The Hall–Kier alpha value is -0.920. The van der Waals surface area contributed by atoms with Crippen molar-refractivity contribution in [1.29, 1.82) is 0 Å². The highest BCUT2D eigenvalue weighted by atomic mass is 79.9. The Morgan fingerprint density at radius 3 is 2.48 bits per heavy atom. The molecule has 1 aliphatic carbocycles. The summed E-state index contributed by atoms with van der Waals surface area (Å²) >= 11 is 3.28. The maximum atomic E-state index is 12.3. The predicted molar refractivity (Wildman–Crippen MR) is 84.6 cm³/mol. The molecule has 0 saturated heterocycles. The van der Waals surface area contributed by atoms with Crippen molar-refractivity contribution in [3.8, 4) is 0 Å². The van der Waals surface area contributed by atoms with Crippen LogP contribution in [0.4, 0.5) is 0 Å². The van der Waals surface area contributed by atoms with Gasteiger partial charge in [-0.05, 0) is 37.5 Å². The zero-order chi connectivity index (χ0) is 15.6. The highest BCUT2D eigenvalue weighted by Gasteiger charge is 2.20. The summed E-state index contributed by atoms with van der Waals surface area (Å²) in [6.07, 6.45) is 5.38. The van der Waals surface area contributed by atoms with Gasteiger partial charge in [-0.1, -0.05) is 35.2 Å². The van der Waals surface area contributed by atoms with Crippen molar-refractivity contribution in [2.45, 2.75) is 50.0 Å². The van der Waals surface area contributed by atoms with Gasteiger partial charge < -0.3 is 5.32 Å². The molecule has 1 aromatic rings. The van der Waals surface area contributed by atoms with Crippen LogP contribution in [0, 0.1) is 6.92 Å². The van der Waals surface area contributed by atoms with E-state index >= 15 is 0 Å². The third kappa shape index (κ3) is 4.05. The van der Waals surface area contributed by atoms with Crippen molar-refractivity contribution in [2.24, 2.45) is 5.14 Å². The molecule has 1 aromatic carbocycles. The second-order valence-corrected chi connectivity index (χ2v) is 7.82. The summed E-state index contributed by atoms with van der Waals surface area (Å²) in [4.78, 5) is 12.3. The van der Waals surface area contributed by atoms with E-state index in [4.69, 9.17) is 5.14 Å². The number of nitrogens with two attached hydrogens (primary N) is 1. The summed E-state index contributed by atoms with van der Waals surface area (Å²) in [5.74, 6) is -0.257. The molecule has 0 spiro atoms. The molecule has 0 atom stereocenters. The minimum Gasteiger partial charge on any atom is -0.349 e. The number of benzene rings is 1. The van der Waals surface area contributed by atoms with Crippen LogP contribution in [0.1, 0.15) is 48.0 Å². The normalized spacial score (nSPS) is 16.7. The fourth-order valence-electron chi connectivity index (χ4n) is 2.60. The van der Waals surface area contributed by atoms with Crippen LogP contribution in [0.5, 0.6) is 0 Å². The number of primary sulfonamides is 1. The van der Waals surface area contributed by atoms with E-state index in [1.165, 1.54) is 12.5 Å². The van der Waals surface area contributed by atoms with Gasteiger partial charge in [0.2, 0.25) is 10.0 Å². The smallest absolute Gasteiger partial charge is 0.251 e. The van der Waals surface area contributed by atoms with E-state index in [0.717, 1.165) is 25.7 Å². The molecule has 0 aliphatic heterocycles. The molecule has 1 amide bonds. The summed E-state index contributed by atoms with van der Waals surface area (Å²) in [7, 11) is -3.86. The molecule has 1 saturated carbocycles. The maximum absolute atomic E-state index is 12.3. The molecular weight excluding hydrogens is 356 g/mol. The van der Waals surface area contributed by atoms with Gasteiger partial charge >= 0.3 is 0 Å². The van der Waals surface area contributed by atoms with Gasteiger partial charge in [0.1, 0.15) is 0 Å². The van der Waals surface area contributed by atoms with Crippen LogP contribution < -0.4 is 10.5 Å². The van der Waals surface area contributed by atoms with Crippen molar-refractivity contribution >= 4 is 31.9 Å². The lowest BCUT2D eigenvalue weighted by atomic mass is 9.95. The van der Waals surface area contributed by atoms with Crippen molar-refractivity contribution in [3.63, 3.8) is 0 Å². The Morgan fingerprint density at radius 2 is 1.90 bits per heavy atom. The SMILES string of the molecule is Cc1c(Br)cc(C(=O)NC2CCCCC2)cc1S(N)(=O)=O. The van der Waals surface area contributed by atoms with E-state index < -0.39 is 10.0 Å². The first-order chi connectivity index (χ1) is 9.79. The minimum absolute atomic E-state index is 0.0225. The topological polar surface area (TPSA) is 89.3 Å². The molecular formula is C14H19BrN2O3S. The summed E-state index contributed by atoms with van der Waals surface area (Å²) in [5, 5.41) is 8.16. The second kappa shape index (κ2) is 6.46. The molecule has 0 radical (unpaired) electrons. The summed E-state index contributed by atoms with van der Waals surface area (Å²) in [6.45, 7) is 1.65. The third-order valence-corrected chi connectivity index (χ3v) is 5.67. The largest absolute Gasteiger partial charge is 0.349 e. The Morgan fingerprint density at radius 1 is 1.29 bits per heavy atom. The zero-order valence-electron chi connectivity index (χ0n) is 11.9. The zero-order valence-corrected chi connectivity index (χ0v) is 14.3. The molecule has 7 heteroatoms. The van der Waals surface area contributed by atoms with Crippen molar-refractivity contribution in [1.82, 2.24) is 5.32 Å². The van der Waals surface area contributed by atoms with E-state index in [9.17, 15) is 13.2 Å². The summed E-state index contributed by atoms with van der Waals surface area (Å²) in [6, 6.07) is 3.14. The number of hydrogen-bond donors (Lipinski definition) is 2. The van der Waals surface area contributed by atoms with Crippen LogP contribution in [0.15, 0.2) is 21.5 Å². The van der Waals surface area contributed by atoms with Crippen LogP contribution in [-0.4, -0.2) is 20.4 Å². The number of rotatable bonds is 3. The van der Waals surface area contributed by atoms with E-state index in [-0.39, 0.29) is 16.8 Å².